The zero-order valence-electron chi connectivity index (χ0n) is 21.0. The molecule has 0 bridgehead atoms. The van der Waals surface area contributed by atoms with Gasteiger partial charge in [-0.1, -0.05) is 49.7 Å². The molecule has 1 aliphatic rings. The number of phenolic OH excluding ortho intramolecular Hbond substituents is 1. The molecule has 188 valence electrons. The third kappa shape index (κ3) is 9.06. The Labute approximate surface area is 208 Å². The van der Waals surface area contributed by atoms with Crippen LogP contribution in [0.3, 0.4) is 0 Å². The molecule has 1 aliphatic heterocycles. The van der Waals surface area contributed by atoms with Crippen molar-refractivity contribution in [3.63, 3.8) is 0 Å². The average Bonchev–Trinajstić information content (AvgIpc) is 3.15. The van der Waals surface area contributed by atoms with E-state index >= 15 is 0 Å². The Bertz CT molecular complexity index is 1020. The summed E-state index contributed by atoms with van der Waals surface area (Å²) in [5.74, 6) is 1.04. The summed E-state index contributed by atoms with van der Waals surface area (Å²) >= 11 is 0. The maximum absolute atomic E-state index is 12.9. The SMILES string of the molecule is C=O.C=O.CC.CN.Cc1ccc(C(=O)N2CCOc3ccc(-c4cccc(O)c4)cc3C2)cc1. The number of aryl methyl sites for hydroxylation is 1. The number of carbonyl (C=O) groups excluding carboxylic acids is 3. The molecule has 3 aromatic carbocycles. The summed E-state index contributed by atoms with van der Waals surface area (Å²) in [5, 5.41) is 9.74. The first-order valence-corrected chi connectivity index (χ1v) is 11.2. The number of hydrogen-bond donors (Lipinski definition) is 2. The van der Waals surface area contributed by atoms with E-state index in [0.29, 0.717) is 25.3 Å². The summed E-state index contributed by atoms with van der Waals surface area (Å²) in [6, 6.07) is 20.7. The molecule has 35 heavy (non-hydrogen) atoms. The maximum Gasteiger partial charge on any atom is 0.254 e. The number of benzene rings is 3. The molecule has 7 heteroatoms. The van der Waals surface area contributed by atoms with E-state index in [4.69, 9.17) is 14.3 Å². The number of nitrogens with two attached hydrogens (primary N) is 1. The van der Waals surface area contributed by atoms with Gasteiger partial charge in [0.2, 0.25) is 0 Å². The van der Waals surface area contributed by atoms with Gasteiger partial charge >= 0.3 is 0 Å². The van der Waals surface area contributed by atoms with Gasteiger partial charge < -0.3 is 30.1 Å². The minimum atomic E-state index is 0.00853. The van der Waals surface area contributed by atoms with Crippen molar-refractivity contribution in [3.8, 4) is 22.6 Å². The number of rotatable bonds is 2. The van der Waals surface area contributed by atoms with Gasteiger partial charge in [0, 0.05) is 17.7 Å². The van der Waals surface area contributed by atoms with Crippen molar-refractivity contribution in [2.75, 3.05) is 20.2 Å². The Kier molecular flexibility index (Phi) is 15.5. The molecule has 0 unspecified atom stereocenters. The van der Waals surface area contributed by atoms with Crippen molar-refractivity contribution in [1.82, 2.24) is 4.90 Å². The Hall–Kier alpha value is -3.97. The van der Waals surface area contributed by atoms with Crippen molar-refractivity contribution in [3.05, 3.63) is 83.4 Å². The summed E-state index contributed by atoms with van der Waals surface area (Å²) in [5.41, 5.74) is 9.20. The third-order valence-electron chi connectivity index (χ3n) is 4.81. The van der Waals surface area contributed by atoms with E-state index in [1.54, 1.807) is 12.1 Å². The Morgan fingerprint density at radius 1 is 0.914 bits per heavy atom. The van der Waals surface area contributed by atoms with Crippen molar-refractivity contribution in [2.45, 2.75) is 27.3 Å². The lowest BCUT2D eigenvalue weighted by Gasteiger charge is -2.20. The van der Waals surface area contributed by atoms with Gasteiger partial charge in [-0.2, -0.15) is 0 Å². The maximum atomic E-state index is 12.9. The zero-order valence-corrected chi connectivity index (χ0v) is 21.0. The summed E-state index contributed by atoms with van der Waals surface area (Å²) in [6.07, 6.45) is 0. The minimum absolute atomic E-state index is 0.00853. The predicted octanol–water partition coefficient (Wildman–Crippen LogP) is 4.63. The molecule has 3 N–H and O–H groups in total. The predicted molar refractivity (Wildman–Crippen MR) is 141 cm³/mol. The van der Waals surface area contributed by atoms with E-state index in [9.17, 15) is 9.90 Å². The minimum Gasteiger partial charge on any atom is -0.508 e. The number of carbonyl (C=O) groups is 3. The molecule has 0 saturated carbocycles. The highest BCUT2D eigenvalue weighted by Gasteiger charge is 2.21. The summed E-state index contributed by atoms with van der Waals surface area (Å²) in [6.45, 7) is 11.5. The molecule has 1 heterocycles. The summed E-state index contributed by atoms with van der Waals surface area (Å²) in [4.78, 5) is 30.7. The summed E-state index contributed by atoms with van der Waals surface area (Å²) in [7, 11) is 1.50. The highest BCUT2D eigenvalue weighted by Crippen LogP contribution is 2.31. The zero-order chi connectivity index (χ0) is 26.8. The molecule has 1 amide bonds. The van der Waals surface area contributed by atoms with Gasteiger partial charge in [0.15, 0.2) is 0 Å². The van der Waals surface area contributed by atoms with E-state index in [1.807, 2.05) is 93.8 Å². The molecule has 0 fully saturated rings. The van der Waals surface area contributed by atoms with Gasteiger partial charge in [-0.15, -0.1) is 0 Å². The number of amides is 1. The Morgan fingerprint density at radius 3 is 2.11 bits per heavy atom. The van der Waals surface area contributed by atoms with Crippen LogP contribution < -0.4 is 10.5 Å². The van der Waals surface area contributed by atoms with E-state index < -0.39 is 0 Å². The second-order valence-electron chi connectivity index (χ2n) is 6.81. The van der Waals surface area contributed by atoms with Gasteiger partial charge in [-0.3, -0.25) is 4.79 Å². The van der Waals surface area contributed by atoms with Crippen LogP contribution in [0.2, 0.25) is 0 Å². The standard InChI is InChI=1S/C23H21NO3.C2H6.CH5N.2CH2O/c1-16-5-7-17(8-6-16)23(26)24-11-12-27-22-10-9-19(13-20(22)15-24)18-3-2-4-21(25)14-18;4*1-2/h2-10,13-14,25H,11-12,15H2,1H3;1-2H3;2H2,1H3;2*1H2. The van der Waals surface area contributed by atoms with E-state index in [1.165, 1.54) is 7.05 Å². The molecule has 0 atom stereocenters. The third-order valence-corrected chi connectivity index (χ3v) is 4.81. The number of aromatic hydroxyl groups is 1. The van der Waals surface area contributed by atoms with Gasteiger partial charge in [0.1, 0.15) is 31.7 Å². The molecular formula is C28H36N2O5. The monoisotopic (exact) mass is 480 g/mol. The number of hydrogen-bond acceptors (Lipinski definition) is 6. The second-order valence-corrected chi connectivity index (χ2v) is 6.81. The molecule has 0 radical (unpaired) electrons. The van der Waals surface area contributed by atoms with Crippen molar-refractivity contribution < 1.29 is 24.2 Å². The van der Waals surface area contributed by atoms with Crippen LogP contribution in [0.25, 0.3) is 11.1 Å². The first-order chi connectivity index (χ1) is 17.1. The smallest absolute Gasteiger partial charge is 0.254 e. The molecule has 0 spiro atoms. The molecule has 0 aromatic heterocycles. The van der Waals surface area contributed by atoms with Crippen LogP contribution in [0.4, 0.5) is 0 Å². The van der Waals surface area contributed by atoms with Crippen LogP contribution in [0.1, 0.15) is 35.3 Å². The van der Waals surface area contributed by atoms with Crippen LogP contribution in [-0.4, -0.2) is 49.7 Å². The van der Waals surface area contributed by atoms with E-state index in [2.05, 4.69) is 5.73 Å². The molecule has 4 rings (SSSR count). The fourth-order valence-electron chi connectivity index (χ4n) is 3.31. The molecular weight excluding hydrogens is 444 g/mol. The molecule has 0 aliphatic carbocycles. The number of ether oxygens (including phenoxy) is 1. The van der Waals surface area contributed by atoms with Crippen molar-refractivity contribution in [2.24, 2.45) is 5.73 Å². The lowest BCUT2D eigenvalue weighted by molar-refractivity contribution is -0.0987. The van der Waals surface area contributed by atoms with Crippen molar-refractivity contribution >= 4 is 19.5 Å². The molecule has 3 aromatic rings. The molecule has 7 nitrogen and oxygen atoms in total. The molecule has 0 saturated heterocycles. The van der Waals surface area contributed by atoms with Crippen LogP contribution in [0, 0.1) is 6.92 Å². The fourth-order valence-corrected chi connectivity index (χ4v) is 3.31. The Balaban J connectivity index is 0.00000132. The largest absolute Gasteiger partial charge is 0.508 e. The summed E-state index contributed by atoms with van der Waals surface area (Å²) < 4.78 is 5.86. The topological polar surface area (TPSA) is 110 Å². The highest BCUT2D eigenvalue weighted by atomic mass is 16.5. The fraction of sp³-hybridized carbons (Fsp3) is 0.250. The lowest BCUT2D eigenvalue weighted by atomic mass is 10.0. The normalized spacial score (nSPS) is 10.9. The van der Waals surface area contributed by atoms with Gasteiger partial charge in [0.05, 0.1) is 6.54 Å². The average molecular weight is 481 g/mol. The number of fused-ring (bicyclic) bond motifs is 1. The first kappa shape index (κ1) is 31.0. The Morgan fingerprint density at radius 2 is 1.51 bits per heavy atom. The van der Waals surface area contributed by atoms with Gasteiger partial charge in [-0.25, -0.2) is 0 Å². The van der Waals surface area contributed by atoms with Crippen LogP contribution in [0.5, 0.6) is 11.5 Å². The van der Waals surface area contributed by atoms with Crippen LogP contribution in [0.15, 0.2) is 66.7 Å². The second kappa shape index (κ2) is 17.5. The number of phenols is 1. The van der Waals surface area contributed by atoms with Gasteiger partial charge in [0.25, 0.3) is 5.91 Å². The van der Waals surface area contributed by atoms with Crippen molar-refractivity contribution in [1.29, 1.82) is 0 Å². The van der Waals surface area contributed by atoms with Crippen LogP contribution >= 0.6 is 0 Å². The first-order valence-electron chi connectivity index (χ1n) is 11.2. The quantitative estimate of drug-likeness (QED) is 0.553. The van der Waals surface area contributed by atoms with Crippen LogP contribution in [-0.2, 0) is 16.1 Å². The van der Waals surface area contributed by atoms with Gasteiger partial charge in [-0.05, 0) is 61.5 Å². The van der Waals surface area contributed by atoms with E-state index in [0.717, 1.165) is 28.0 Å². The highest BCUT2D eigenvalue weighted by molar-refractivity contribution is 5.94. The lowest BCUT2D eigenvalue weighted by Crippen LogP contribution is -2.32. The number of nitrogens with zero attached hydrogens (tertiary/aromatic N) is 1. The van der Waals surface area contributed by atoms with E-state index in [-0.39, 0.29) is 11.7 Å².